The molecule has 2 amide bonds. The van der Waals surface area contributed by atoms with E-state index in [4.69, 9.17) is 0 Å². The Balaban J connectivity index is 1.92. The quantitative estimate of drug-likeness (QED) is 0.749. The molecule has 0 bridgehead atoms. The van der Waals surface area contributed by atoms with Crippen LogP contribution in [-0.2, 0) is 9.59 Å². The van der Waals surface area contributed by atoms with E-state index < -0.39 is 0 Å². The Hall–Kier alpha value is -0.900. The lowest BCUT2D eigenvalue weighted by Gasteiger charge is -2.42. The molecule has 1 N–H and O–H groups in total. The van der Waals surface area contributed by atoms with E-state index in [1.54, 1.807) is 0 Å². The lowest BCUT2D eigenvalue weighted by Crippen LogP contribution is -2.47. The summed E-state index contributed by atoms with van der Waals surface area (Å²) in [4.78, 5) is 25.7. The third kappa shape index (κ3) is 2.69. The zero-order chi connectivity index (χ0) is 14.0. The Morgan fingerprint density at radius 3 is 2.53 bits per heavy atom. The Morgan fingerprint density at radius 1 is 1.37 bits per heavy atom. The van der Waals surface area contributed by atoms with Crippen LogP contribution in [0.5, 0.6) is 0 Å². The maximum absolute atomic E-state index is 12.3. The van der Waals surface area contributed by atoms with Crippen LogP contribution in [0.2, 0.25) is 0 Å². The highest BCUT2D eigenvalue weighted by Gasteiger charge is 2.42. The number of hydrogen-bond acceptors (Lipinski definition) is 3. The number of amides is 2. The summed E-state index contributed by atoms with van der Waals surface area (Å²) < 4.78 is 0. The number of hydrogen-bond donors (Lipinski definition) is 1. The molecule has 1 heterocycles. The number of carbonyl (C=O) groups excluding carboxylic acids is 2. The van der Waals surface area contributed by atoms with Gasteiger partial charge in [0.1, 0.15) is 0 Å². The number of nitrogens with zero attached hydrogens (tertiary/aromatic N) is 1. The van der Waals surface area contributed by atoms with Crippen LogP contribution in [0.15, 0.2) is 0 Å². The van der Waals surface area contributed by atoms with E-state index in [-0.39, 0.29) is 23.9 Å². The monoisotopic (exact) mass is 266 g/mol. The van der Waals surface area contributed by atoms with Gasteiger partial charge >= 0.3 is 0 Å². The second kappa shape index (κ2) is 5.61. The summed E-state index contributed by atoms with van der Waals surface area (Å²) in [6.45, 7) is 7.04. The molecule has 4 heteroatoms. The first kappa shape index (κ1) is 14.5. The predicted molar refractivity (Wildman–Crippen MR) is 74.6 cm³/mol. The van der Waals surface area contributed by atoms with Crippen molar-refractivity contribution in [2.45, 2.75) is 71.4 Å². The van der Waals surface area contributed by atoms with Crippen LogP contribution in [0.25, 0.3) is 0 Å². The van der Waals surface area contributed by atoms with Crippen molar-refractivity contribution in [1.29, 1.82) is 0 Å². The van der Waals surface area contributed by atoms with Gasteiger partial charge in [-0.15, -0.1) is 0 Å². The molecule has 2 unspecified atom stereocenters. The van der Waals surface area contributed by atoms with Gasteiger partial charge in [-0.1, -0.05) is 20.3 Å². The molecule has 2 rings (SSSR count). The topological polar surface area (TPSA) is 49.4 Å². The summed E-state index contributed by atoms with van der Waals surface area (Å²) in [6.07, 6.45) is 6.11. The normalized spacial score (nSPS) is 27.5. The molecule has 1 aliphatic carbocycles. The van der Waals surface area contributed by atoms with E-state index in [0.29, 0.717) is 11.8 Å². The first-order valence-electron chi connectivity index (χ1n) is 7.62. The van der Waals surface area contributed by atoms with E-state index in [1.165, 1.54) is 24.2 Å². The zero-order valence-electron chi connectivity index (χ0n) is 12.4. The average molecular weight is 266 g/mol. The molecular formula is C15H26N2O2. The molecular weight excluding hydrogens is 240 g/mol. The first-order valence-corrected chi connectivity index (χ1v) is 7.62. The Bertz CT molecular complexity index is 358. The molecule has 1 saturated carbocycles. The van der Waals surface area contributed by atoms with Crippen LogP contribution in [0.3, 0.4) is 0 Å². The van der Waals surface area contributed by atoms with Crippen molar-refractivity contribution in [3.8, 4) is 0 Å². The molecule has 0 aromatic carbocycles. The largest absolute Gasteiger partial charge is 0.305 e. The highest BCUT2D eigenvalue weighted by Crippen LogP contribution is 2.43. The Morgan fingerprint density at radius 2 is 2.05 bits per heavy atom. The average Bonchev–Trinajstić information content (AvgIpc) is 2.63. The second-order valence-electron chi connectivity index (χ2n) is 6.20. The number of likely N-dealkylation sites (tertiary alicyclic amines) is 1. The van der Waals surface area contributed by atoms with Crippen LogP contribution < -0.4 is 5.32 Å². The van der Waals surface area contributed by atoms with Gasteiger partial charge in [0, 0.05) is 12.6 Å². The third-order valence-electron chi connectivity index (χ3n) is 5.10. The maximum Gasteiger partial charge on any atom is 0.247 e. The van der Waals surface area contributed by atoms with E-state index in [9.17, 15) is 9.59 Å². The van der Waals surface area contributed by atoms with Gasteiger partial charge in [-0.25, -0.2) is 0 Å². The molecule has 2 aliphatic rings. The minimum atomic E-state index is -0.287. The summed E-state index contributed by atoms with van der Waals surface area (Å²) in [7, 11) is 0. The second-order valence-corrected chi connectivity index (χ2v) is 6.20. The van der Waals surface area contributed by atoms with Gasteiger partial charge in [0.2, 0.25) is 11.8 Å². The Kier molecular flexibility index (Phi) is 4.29. The minimum Gasteiger partial charge on any atom is -0.305 e. The summed E-state index contributed by atoms with van der Waals surface area (Å²) in [5, 5.41) is 3.35. The number of carbonyl (C=O) groups is 2. The van der Waals surface area contributed by atoms with Crippen molar-refractivity contribution < 1.29 is 9.59 Å². The van der Waals surface area contributed by atoms with Gasteiger partial charge < -0.3 is 5.32 Å². The molecule has 0 spiro atoms. The van der Waals surface area contributed by atoms with Crippen molar-refractivity contribution in [1.82, 2.24) is 10.2 Å². The van der Waals surface area contributed by atoms with Gasteiger partial charge in [-0.3, -0.25) is 14.5 Å². The molecule has 1 saturated heterocycles. The van der Waals surface area contributed by atoms with E-state index in [0.717, 1.165) is 19.4 Å². The molecule has 4 nitrogen and oxygen atoms in total. The summed E-state index contributed by atoms with van der Waals surface area (Å²) >= 11 is 0. The molecule has 2 atom stereocenters. The fraction of sp³-hybridized carbons (Fsp3) is 0.867. The summed E-state index contributed by atoms with van der Waals surface area (Å²) in [6, 6.07) is -0.263. The van der Waals surface area contributed by atoms with Crippen molar-refractivity contribution in [2.24, 2.45) is 5.41 Å². The van der Waals surface area contributed by atoms with Crippen molar-refractivity contribution >= 4 is 11.8 Å². The van der Waals surface area contributed by atoms with Gasteiger partial charge in [-0.05, 0) is 38.0 Å². The highest BCUT2D eigenvalue weighted by atomic mass is 16.2. The van der Waals surface area contributed by atoms with Crippen LogP contribution in [0.1, 0.15) is 59.3 Å². The molecule has 0 aromatic heterocycles. The minimum absolute atomic E-state index is 0.0176. The zero-order valence-corrected chi connectivity index (χ0v) is 12.4. The lowest BCUT2D eigenvalue weighted by molar-refractivity contribution is -0.141. The van der Waals surface area contributed by atoms with Gasteiger partial charge in [0.25, 0.3) is 0 Å². The number of rotatable bonds is 6. The van der Waals surface area contributed by atoms with Gasteiger partial charge in [0.15, 0.2) is 0 Å². The number of imide groups is 1. The summed E-state index contributed by atoms with van der Waals surface area (Å²) in [5.74, 6) is -0.0408. The van der Waals surface area contributed by atoms with Gasteiger partial charge in [0.05, 0.1) is 12.5 Å². The number of nitrogens with one attached hydrogen (secondary N) is 1. The van der Waals surface area contributed by atoms with Crippen molar-refractivity contribution in [3.05, 3.63) is 0 Å². The Labute approximate surface area is 115 Å². The van der Waals surface area contributed by atoms with E-state index in [2.05, 4.69) is 12.2 Å². The van der Waals surface area contributed by atoms with Crippen LogP contribution >= 0.6 is 0 Å². The molecule has 0 radical (unpaired) electrons. The van der Waals surface area contributed by atoms with Crippen LogP contribution in [-0.4, -0.2) is 35.3 Å². The third-order valence-corrected chi connectivity index (χ3v) is 5.10. The lowest BCUT2D eigenvalue weighted by atomic mass is 9.67. The first-order chi connectivity index (χ1) is 9.03. The SMILES string of the molecule is CCC(C)N1C(=O)CC(NCC2(CC)CCC2)C1=O. The molecule has 1 aliphatic heterocycles. The van der Waals surface area contributed by atoms with E-state index >= 15 is 0 Å². The van der Waals surface area contributed by atoms with Crippen molar-refractivity contribution in [3.63, 3.8) is 0 Å². The van der Waals surface area contributed by atoms with E-state index in [1.807, 2.05) is 13.8 Å². The smallest absolute Gasteiger partial charge is 0.247 e. The molecule has 19 heavy (non-hydrogen) atoms. The standard InChI is InChI=1S/C15H26N2O2/c1-4-11(3)17-13(18)9-12(14(17)19)16-10-15(5-2)7-6-8-15/h11-12,16H,4-10H2,1-3H3. The predicted octanol–water partition coefficient (Wildman–Crippen LogP) is 2.08. The highest BCUT2D eigenvalue weighted by molar-refractivity contribution is 6.05. The molecule has 0 aromatic rings. The maximum atomic E-state index is 12.3. The van der Waals surface area contributed by atoms with Crippen molar-refractivity contribution in [2.75, 3.05) is 6.54 Å². The molecule has 2 fully saturated rings. The van der Waals surface area contributed by atoms with Crippen LogP contribution in [0, 0.1) is 5.41 Å². The summed E-state index contributed by atoms with van der Waals surface area (Å²) in [5.41, 5.74) is 0.382. The van der Waals surface area contributed by atoms with Crippen LogP contribution in [0.4, 0.5) is 0 Å². The fourth-order valence-corrected chi connectivity index (χ4v) is 3.13. The fourth-order valence-electron chi connectivity index (χ4n) is 3.13. The van der Waals surface area contributed by atoms with Gasteiger partial charge in [-0.2, -0.15) is 0 Å². The molecule has 108 valence electrons.